The Morgan fingerprint density at radius 1 is 1.29 bits per heavy atom. The van der Waals surface area contributed by atoms with E-state index in [0.717, 1.165) is 6.54 Å². The van der Waals surface area contributed by atoms with Crippen molar-refractivity contribution in [3.8, 4) is 0 Å². The molecule has 3 nitrogen and oxygen atoms in total. The van der Waals surface area contributed by atoms with Crippen LogP contribution in [0.2, 0.25) is 0 Å². The van der Waals surface area contributed by atoms with Crippen LogP contribution in [0.4, 0.5) is 0 Å². The molecule has 2 aromatic rings. The van der Waals surface area contributed by atoms with E-state index in [1.807, 2.05) is 11.3 Å². The molecular formula is C13H19N3S. The Labute approximate surface area is 106 Å². The van der Waals surface area contributed by atoms with Crippen LogP contribution >= 0.6 is 11.3 Å². The summed E-state index contributed by atoms with van der Waals surface area (Å²) < 4.78 is 1.35. The lowest BCUT2D eigenvalue weighted by atomic mass is 9.84. The van der Waals surface area contributed by atoms with Gasteiger partial charge in [0.2, 0.25) is 0 Å². The van der Waals surface area contributed by atoms with Crippen LogP contribution in [-0.2, 0) is 5.41 Å². The molecule has 4 N–H and O–H groups in total. The van der Waals surface area contributed by atoms with Gasteiger partial charge >= 0.3 is 0 Å². The van der Waals surface area contributed by atoms with Crippen molar-refractivity contribution in [2.24, 2.45) is 5.84 Å². The van der Waals surface area contributed by atoms with Crippen LogP contribution in [0.3, 0.4) is 0 Å². The molecule has 0 amide bonds. The molecule has 1 aromatic heterocycles. The number of fused-ring (bicyclic) bond motifs is 1. The Morgan fingerprint density at radius 3 is 2.82 bits per heavy atom. The highest BCUT2D eigenvalue weighted by Crippen LogP contribution is 2.34. The first-order chi connectivity index (χ1) is 8.15. The summed E-state index contributed by atoms with van der Waals surface area (Å²) in [6.07, 6.45) is 0. The first kappa shape index (κ1) is 12.5. The van der Waals surface area contributed by atoms with E-state index in [4.69, 9.17) is 5.84 Å². The number of hydrazine groups is 1. The van der Waals surface area contributed by atoms with Gasteiger partial charge in [-0.2, -0.15) is 0 Å². The molecule has 0 fully saturated rings. The maximum Gasteiger partial charge on any atom is 0.0587 e. The van der Waals surface area contributed by atoms with E-state index in [0.29, 0.717) is 6.67 Å². The lowest BCUT2D eigenvalue weighted by Gasteiger charge is -2.25. The normalized spacial score (nSPS) is 12.2. The molecule has 0 spiro atoms. The fourth-order valence-electron chi connectivity index (χ4n) is 2.04. The van der Waals surface area contributed by atoms with Gasteiger partial charge in [0.1, 0.15) is 0 Å². The van der Waals surface area contributed by atoms with Crippen LogP contribution in [-0.4, -0.2) is 13.2 Å². The van der Waals surface area contributed by atoms with Gasteiger partial charge in [0.15, 0.2) is 0 Å². The van der Waals surface area contributed by atoms with Crippen LogP contribution in [0.15, 0.2) is 29.6 Å². The molecule has 0 saturated heterocycles. The molecule has 0 radical (unpaired) electrons. The zero-order chi connectivity index (χ0) is 12.3. The highest BCUT2D eigenvalue weighted by atomic mass is 32.1. The quantitative estimate of drug-likeness (QED) is 0.329. The Bertz CT molecular complexity index is 490. The number of hydrogen-bond donors (Lipinski definition) is 3. The van der Waals surface area contributed by atoms with Crippen LogP contribution in [0.5, 0.6) is 0 Å². The standard InChI is InChI=1S/C13H19N3S/c1-13(2,8-15-9-16-14)11-7-17-12-6-4-3-5-10(11)12/h3-7,15-16H,8-9,14H2,1-2H3. The zero-order valence-electron chi connectivity index (χ0n) is 10.3. The van der Waals surface area contributed by atoms with Crippen LogP contribution in [0, 0.1) is 0 Å². The number of thiophene rings is 1. The summed E-state index contributed by atoms with van der Waals surface area (Å²) in [7, 11) is 0. The van der Waals surface area contributed by atoms with E-state index in [2.05, 4.69) is 54.2 Å². The molecule has 0 unspecified atom stereocenters. The van der Waals surface area contributed by atoms with Gasteiger partial charge in [0, 0.05) is 16.7 Å². The maximum atomic E-state index is 5.26. The SMILES string of the molecule is CC(C)(CNCNN)c1csc2ccccc12. The molecule has 1 aromatic carbocycles. The Balaban J connectivity index is 2.25. The van der Waals surface area contributed by atoms with Crippen molar-refractivity contribution in [3.05, 3.63) is 35.2 Å². The summed E-state index contributed by atoms with van der Waals surface area (Å²) >= 11 is 1.81. The number of hydrogen-bond acceptors (Lipinski definition) is 4. The van der Waals surface area contributed by atoms with Gasteiger partial charge < -0.3 is 5.32 Å². The van der Waals surface area contributed by atoms with Crippen molar-refractivity contribution in [1.29, 1.82) is 0 Å². The molecule has 4 heteroatoms. The molecule has 1 heterocycles. The molecule has 0 atom stereocenters. The second-order valence-corrected chi connectivity index (χ2v) is 5.75. The van der Waals surface area contributed by atoms with E-state index in [-0.39, 0.29) is 5.41 Å². The molecule has 2 rings (SSSR count). The summed E-state index contributed by atoms with van der Waals surface area (Å²) in [6.45, 7) is 6.04. The van der Waals surface area contributed by atoms with Crippen LogP contribution in [0.1, 0.15) is 19.4 Å². The van der Waals surface area contributed by atoms with Crippen molar-refractivity contribution >= 4 is 21.4 Å². The molecule has 0 aliphatic rings. The summed E-state index contributed by atoms with van der Waals surface area (Å²) in [4.78, 5) is 0. The average molecular weight is 249 g/mol. The van der Waals surface area contributed by atoms with Gasteiger partial charge in [-0.1, -0.05) is 32.0 Å². The van der Waals surface area contributed by atoms with Gasteiger partial charge in [-0.3, -0.25) is 5.84 Å². The second-order valence-electron chi connectivity index (χ2n) is 4.84. The third kappa shape index (κ3) is 2.66. The minimum absolute atomic E-state index is 0.108. The zero-order valence-corrected chi connectivity index (χ0v) is 11.1. The molecule has 0 bridgehead atoms. The fraction of sp³-hybridized carbons (Fsp3) is 0.385. The minimum Gasteiger partial charge on any atom is -0.303 e. The van der Waals surface area contributed by atoms with Crippen LogP contribution < -0.4 is 16.6 Å². The number of nitrogens with one attached hydrogen (secondary N) is 2. The predicted molar refractivity (Wildman–Crippen MR) is 75.0 cm³/mol. The molecule has 92 valence electrons. The van der Waals surface area contributed by atoms with Gasteiger partial charge in [0.05, 0.1) is 6.67 Å². The largest absolute Gasteiger partial charge is 0.303 e. The lowest BCUT2D eigenvalue weighted by molar-refractivity contribution is 0.458. The van der Waals surface area contributed by atoms with Crippen molar-refractivity contribution in [2.75, 3.05) is 13.2 Å². The number of nitrogens with two attached hydrogens (primary N) is 1. The fourth-order valence-corrected chi connectivity index (χ4v) is 3.20. The van der Waals surface area contributed by atoms with Crippen molar-refractivity contribution < 1.29 is 0 Å². The maximum absolute atomic E-state index is 5.26. The van der Waals surface area contributed by atoms with Gasteiger partial charge in [-0.05, 0) is 22.4 Å². The predicted octanol–water partition coefficient (Wildman–Crippen LogP) is 2.19. The highest BCUT2D eigenvalue weighted by Gasteiger charge is 2.23. The number of benzene rings is 1. The minimum atomic E-state index is 0.108. The summed E-state index contributed by atoms with van der Waals surface area (Å²) in [5.74, 6) is 5.26. The molecule has 0 saturated carbocycles. The highest BCUT2D eigenvalue weighted by molar-refractivity contribution is 7.17. The van der Waals surface area contributed by atoms with E-state index < -0.39 is 0 Å². The molecule has 0 aliphatic heterocycles. The van der Waals surface area contributed by atoms with E-state index in [1.165, 1.54) is 15.6 Å². The van der Waals surface area contributed by atoms with Crippen molar-refractivity contribution in [3.63, 3.8) is 0 Å². The molecule has 17 heavy (non-hydrogen) atoms. The summed E-state index contributed by atoms with van der Waals surface area (Å²) in [6, 6.07) is 8.56. The Morgan fingerprint density at radius 2 is 2.06 bits per heavy atom. The smallest absolute Gasteiger partial charge is 0.0587 e. The molecule has 0 aliphatic carbocycles. The van der Waals surface area contributed by atoms with Gasteiger partial charge in [-0.25, -0.2) is 5.43 Å². The average Bonchev–Trinajstić information content (AvgIpc) is 2.73. The van der Waals surface area contributed by atoms with Crippen molar-refractivity contribution in [2.45, 2.75) is 19.3 Å². The van der Waals surface area contributed by atoms with Gasteiger partial charge in [-0.15, -0.1) is 11.3 Å². The van der Waals surface area contributed by atoms with Gasteiger partial charge in [0.25, 0.3) is 0 Å². The topological polar surface area (TPSA) is 50.1 Å². The first-order valence-electron chi connectivity index (χ1n) is 5.76. The third-order valence-corrected chi connectivity index (χ3v) is 3.97. The van der Waals surface area contributed by atoms with E-state index in [1.54, 1.807) is 0 Å². The Hall–Kier alpha value is -0.940. The third-order valence-electron chi connectivity index (χ3n) is 3.00. The number of rotatable bonds is 5. The van der Waals surface area contributed by atoms with E-state index in [9.17, 15) is 0 Å². The second kappa shape index (κ2) is 5.14. The first-order valence-corrected chi connectivity index (χ1v) is 6.64. The molecular weight excluding hydrogens is 230 g/mol. The van der Waals surface area contributed by atoms with Crippen LogP contribution in [0.25, 0.3) is 10.1 Å². The van der Waals surface area contributed by atoms with E-state index >= 15 is 0 Å². The Kier molecular flexibility index (Phi) is 3.79. The summed E-state index contributed by atoms with van der Waals surface area (Å²) in [5.41, 5.74) is 4.13. The monoisotopic (exact) mass is 249 g/mol. The lowest BCUT2D eigenvalue weighted by Crippen LogP contribution is -2.40. The van der Waals surface area contributed by atoms with Crippen molar-refractivity contribution in [1.82, 2.24) is 10.7 Å². The summed E-state index contributed by atoms with van der Waals surface area (Å²) in [5, 5.41) is 6.93.